The summed E-state index contributed by atoms with van der Waals surface area (Å²) in [6, 6.07) is 20.4. The van der Waals surface area contributed by atoms with Crippen LogP contribution in [0.1, 0.15) is 55.2 Å². The minimum absolute atomic E-state index is 0.126. The molecule has 0 radical (unpaired) electrons. The van der Waals surface area contributed by atoms with Gasteiger partial charge in [-0.3, -0.25) is 14.9 Å². The number of nitrogens with zero attached hydrogens (tertiary/aromatic N) is 1. The van der Waals surface area contributed by atoms with Gasteiger partial charge in [0.15, 0.2) is 11.5 Å². The molecule has 5 fully saturated rings. The number of imide groups is 2. The van der Waals surface area contributed by atoms with Crippen molar-refractivity contribution in [3.05, 3.63) is 92.6 Å². The molecule has 0 atom stereocenters. The van der Waals surface area contributed by atoms with Gasteiger partial charge in [0.2, 0.25) is 0 Å². The minimum atomic E-state index is -0.744. The van der Waals surface area contributed by atoms with E-state index >= 15 is 0 Å². The van der Waals surface area contributed by atoms with Crippen molar-refractivity contribution in [2.45, 2.75) is 50.5 Å². The highest BCUT2D eigenvalue weighted by Crippen LogP contribution is 2.60. The maximum atomic E-state index is 13.6. The molecule has 4 bridgehead atoms. The Kier molecular flexibility index (Phi) is 7.27. The number of amides is 4. The molecule has 1 aliphatic heterocycles. The van der Waals surface area contributed by atoms with Crippen molar-refractivity contribution in [3.63, 3.8) is 0 Å². The van der Waals surface area contributed by atoms with Crippen LogP contribution in [-0.2, 0) is 21.6 Å². The third-order valence-electron chi connectivity index (χ3n) is 9.68. The molecule has 3 aromatic rings. The standard InChI is InChI=1S/C35H33IN2O5/c1-42-31-16-22(4-11-30(31)43-20-21-2-7-27(36)8-3-21)15-29-32(39)37-34(41)38(33(29)40)28-9-5-26(6-10-28)35-17-23-12-24(18-35)14-25(13-23)19-35/h2-11,15-16,23-25H,12-14,17-20H2,1H3,(H,37,39,41)/b29-15+. The number of anilines is 1. The second-order valence-electron chi connectivity index (χ2n) is 12.5. The molecule has 4 saturated carbocycles. The number of halogens is 1. The molecule has 4 amide bonds. The summed E-state index contributed by atoms with van der Waals surface area (Å²) in [5.41, 5.74) is 3.45. The smallest absolute Gasteiger partial charge is 0.335 e. The third-order valence-corrected chi connectivity index (χ3v) is 10.4. The zero-order chi connectivity index (χ0) is 29.7. The van der Waals surface area contributed by atoms with Crippen molar-refractivity contribution < 1.29 is 23.9 Å². The van der Waals surface area contributed by atoms with Crippen molar-refractivity contribution >= 4 is 52.2 Å². The lowest BCUT2D eigenvalue weighted by atomic mass is 9.48. The molecule has 1 saturated heterocycles. The van der Waals surface area contributed by atoms with Gasteiger partial charge in [-0.2, -0.15) is 0 Å². The van der Waals surface area contributed by atoms with Crippen LogP contribution in [0.25, 0.3) is 6.08 Å². The van der Waals surface area contributed by atoms with Crippen LogP contribution in [0.5, 0.6) is 11.5 Å². The quantitative estimate of drug-likeness (QED) is 0.164. The van der Waals surface area contributed by atoms with Crippen molar-refractivity contribution in [1.82, 2.24) is 5.32 Å². The molecule has 8 rings (SSSR count). The van der Waals surface area contributed by atoms with Crippen molar-refractivity contribution in [2.24, 2.45) is 17.8 Å². The molecule has 3 aromatic carbocycles. The van der Waals surface area contributed by atoms with Gasteiger partial charge in [0.25, 0.3) is 11.8 Å². The largest absolute Gasteiger partial charge is 0.493 e. The lowest BCUT2D eigenvalue weighted by Gasteiger charge is -2.57. The van der Waals surface area contributed by atoms with Gasteiger partial charge in [0.1, 0.15) is 12.2 Å². The van der Waals surface area contributed by atoms with E-state index in [-0.39, 0.29) is 11.0 Å². The molecule has 4 aliphatic carbocycles. The van der Waals surface area contributed by atoms with Crippen LogP contribution < -0.4 is 19.7 Å². The van der Waals surface area contributed by atoms with Gasteiger partial charge in [-0.1, -0.05) is 30.3 Å². The van der Waals surface area contributed by atoms with Crippen LogP contribution in [0.15, 0.2) is 72.3 Å². The average Bonchev–Trinajstić information content (AvgIpc) is 2.99. The number of hydrogen-bond acceptors (Lipinski definition) is 5. The molecule has 1 N–H and O–H groups in total. The number of rotatable bonds is 7. The molecule has 1 heterocycles. The fraction of sp³-hybridized carbons (Fsp3) is 0.343. The highest BCUT2D eigenvalue weighted by molar-refractivity contribution is 14.1. The predicted molar refractivity (Wildman–Crippen MR) is 172 cm³/mol. The fourth-order valence-corrected chi connectivity index (χ4v) is 8.48. The Hall–Kier alpha value is -3.66. The van der Waals surface area contributed by atoms with Crippen LogP contribution >= 0.6 is 22.6 Å². The number of barbiturate groups is 1. The van der Waals surface area contributed by atoms with Gasteiger partial charge in [-0.15, -0.1) is 0 Å². The molecule has 43 heavy (non-hydrogen) atoms. The second kappa shape index (κ2) is 11.1. The summed E-state index contributed by atoms with van der Waals surface area (Å²) < 4.78 is 12.7. The van der Waals surface area contributed by atoms with E-state index in [0.717, 1.165) is 31.8 Å². The van der Waals surface area contributed by atoms with Gasteiger partial charge in [-0.05, 0) is 143 Å². The third kappa shape index (κ3) is 5.34. The zero-order valence-corrected chi connectivity index (χ0v) is 26.1. The molecule has 220 valence electrons. The maximum Gasteiger partial charge on any atom is 0.335 e. The Morgan fingerprint density at radius 1 is 0.884 bits per heavy atom. The number of carbonyl (C=O) groups excluding carboxylic acids is 3. The van der Waals surface area contributed by atoms with Gasteiger partial charge in [0, 0.05) is 3.57 Å². The summed E-state index contributed by atoms with van der Waals surface area (Å²) in [6.07, 6.45) is 9.31. The topological polar surface area (TPSA) is 84.9 Å². The molecular formula is C35H33IN2O5. The minimum Gasteiger partial charge on any atom is -0.493 e. The SMILES string of the molecule is COc1cc(/C=C2\C(=O)NC(=O)N(c3ccc(C45CC6CC(CC(C6)C4)C5)cc3)C2=O)ccc1OCc1ccc(I)cc1. The molecular weight excluding hydrogens is 655 g/mol. The number of ether oxygens (including phenoxy) is 2. The lowest BCUT2D eigenvalue weighted by molar-refractivity contribution is -0.122. The van der Waals surface area contributed by atoms with E-state index in [4.69, 9.17) is 9.47 Å². The van der Waals surface area contributed by atoms with Gasteiger partial charge in [-0.25, -0.2) is 9.69 Å². The van der Waals surface area contributed by atoms with Crippen LogP contribution in [0.2, 0.25) is 0 Å². The first-order valence-electron chi connectivity index (χ1n) is 14.9. The Balaban J connectivity index is 1.10. The normalized spacial score (nSPS) is 27.0. The molecule has 0 spiro atoms. The molecule has 8 heteroatoms. The Morgan fingerprint density at radius 2 is 1.53 bits per heavy atom. The Labute approximate surface area is 264 Å². The Bertz CT molecular complexity index is 1590. The second-order valence-corrected chi connectivity index (χ2v) is 13.8. The van der Waals surface area contributed by atoms with E-state index < -0.39 is 17.8 Å². The number of urea groups is 1. The number of nitrogens with one attached hydrogen (secondary N) is 1. The lowest BCUT2D eigenvalue weighted by Crippen LogP contribution is -2.54. The van der Waals surface area contributed by atoms with Gasteiger partial charge in [0.05, 0.1) is 12.8 Å². The summed E-state index contributed by atoms with van der Waals surface area (Å²) in [5.74, 6) is 2.10. The highest BCUT2D eigenvalue weighted by Gasteiger charge is 2.51. The predicted octanol–water partition coefficient (Wildman–Crippen LogP) is 7.01. The molecule has 0 unspecified atom stereocenters. The first-order valence-corrected chi connectivity index (χ1v) is 16.0. The summed E-state index contributed by atoms with van der Waals surface area (Å²) in [4.78, 5) is 40.3. The fourth-order valence-electron chi connectivity index (χ4n) is 8.12. The van der Waals surface area contributed by atoms with Crippen LogP contribution in [0.4, 0.5) is 10.5 Å². The van der Waals surface area contributed by atoms with Gasteiger partial charge >= 0.3 is 6.03 Å². The molecule has 5 aliphatic rings. The molecule has 7 nitrogen and oxygen atoms in total. The number of benzene rings is 3. The van der Waals surface area contributed by atoms with E-state index in [2.05, 4.69) is 40.0 Å². The summed E-state index contributed by atoms with van der Waals surface area (Å²) in [7, 11) is 1.54. The molecule has 0 aromatic heterocycles. The van der Waals surface area contributed by atoms with Crippen molar-refractivity contribution in [2.75, 3.05) is 12.0 Å². The van der Waals surface area contributed by atoms with Crippen LogP contribution in [-0.4, -0.2) is 25.0 Å². The van der Waals surface area contributed by atoms with Crippen molar-refractivity contribution in [1.29, 1.82) is 0 Å². The van der Waals surface area contributed by atoms with E-state index in [0.29, 0.717) is 29.4 Å². The number of hydrogen-bond donors (Lipinski definition) is 1. The zero-order valence-electron chi connectivity index (χ0n) is 24.0. The van der Waals surface area contributed by atoms with E-state index in [1.165, 1.54) is 57.3 Å². The maximum absolute atomic E-state index is 13.6. The van der Waals surface area contributed by atoms with E-state index in [9.17, 15) is 14.4 Å². The monoisotopic (exact) mass is 688 g/mol. The van der Waals surface area contributed by atoms with Gasteiger partial charge < -0.3 is 9.47 Å². The highest BCUT2D eigenvalue weighted by atomic mass is 127. The first-order chi connectivity index (χ1) is 20.8. The number of methoxy groups -OCH3 is 1. The first kappa shape index (κ1) is 28.1. The summed E-state index contributed by atoms with van der Waals surface area (Å²) >= 11 is 2.26. The van der Waals surface area contributed by atoms with Crippen LogP contribution in [0.3, 0.4) is 0 Å². The summed E-state index contributed by atoms with van der Waals surface area (Å²) in [6.45, 7) is 0.368. The van der Waals surface area contributed by atoms with E-state index in [1.807, 2.05) is 36.4 Å². The van der Waals surface area contributed by atoms with Crippen LogP contribution in [0, 0.1) is 21.3 Å². The summed E-state index contributed by atoms with van der Waals surface area (Å²) in [5, 5.41) is 2.34. The van der Waals surface area contributed by atoms with E-state index in [1.54, 1.807) is 18.2 Å². The number of carbonyl (C=O) groups is 3. The Morgan fingerprint density at radius 3 is 2.16 bits per heavy atom. The van der Waals surface area contributed by atoms with Crippen molar-refractivity contribution in [3.8, 4) is 11.5 Å². The average molecular weight is 689 g/mol.